The third-order valence-corrected chi connectivity index (χ3v) is 6.19. The molecule has 2 amide bonds. The predicted molar refractivity (Wildman–Crippen MR) is 145 cm³/mol. The van der Waals surface area contributed by atoms with E-state index in [4.69, 9.17) is 9.47 Å². The van der Waals surface area contributed by atoms with Crippen molar-refractivity contribution in [2.24, 2.45) is 0 Å². The van der Waals surface area contributed by atoms with Crippen molar-refractivity contribution in [3.63, 3.8) is 0 Å². The Balaban J connectivity index is 1.63. The summed E-state index contributed by atoms with van der Waals surface area (Å²) in [6.07, 6.45) is -4.40. The molecule has 3 aromatic rings. The summed E-state index contributed by atoms with van der Waals surface area (Å²) < 4.78 is 64.5. The molecule has 1 unspecified atom stereocenters. The number of amides is 2. The molecule has 220 valence electrons. The lowest BCUT2D eigenvalue weighted by atomic mass is 10.1. The first-order chi connectivity index (χ1) is 19.6. The number of carboxylic acid groups (broad SMARTS) is 1. The molecule has 0 saturated heterocycles. The number of rotatable bonds is 14. The number of nitrogens with zero attached hydrogens (tertiary/aromatic N) is 1. The van der Waals surface area contributed by atoms with E-state index < -0.39 is 29.8 Å². The number of para-hydroxylation sites is 1. The van der Waals surface area contributed by atoms with Gasteiger partial charge in [0.1, 0.15) is 18.2 Å². The molecule has 0 aromatic heterocycles. The van der Waals surface area contributed by atoms with Crippen molar-refractivity contribution >= 4 is 17.7 Å². The van der Waals surface area contributed by atoms with Gasteiger partial charge in [-0.1, -0.05) is 36.4 Å². The molecule has 11 heteroatoms. The van der Waals surface area contributed by atoms with Gasteiger partial charge in [-0.3, -0.25) is 0 Å². The lowest BCUT2D eigenvalue weighted by Gasteiger charge is -2.24. The van der Waals surface area contributed by atoms with Crippen LogP contribution in [0.2, 0.25) is 0 Å². The van der Waals surface area contributed by atoms with E-state index in [1.807, 2.05) is 0 Å². The fourth-order valence-corrected chi connectivity index (χ4v) is 4.10. The third kappa shape index (κ3) is 10.1. The number of urea groups is 1. The van der Waals surface area contributed by atoms with E-state index in [-0.39, 0.29) is 44.2 Å². The standard InChI is InChI=1S/C30H32F4N2O5/c1-2-40-27(28(37)38)20-22-11-15-24(16-12-22)41-19-18-36(17-5-6-21-9-13-23(31)14-10-21)29(39)35-26-8-4-3-7-25(26)30(32,33)34/h3-4,7-16,27H,2,5-6,17-20H2,1H3,(H,35,39)(H,37,38). The van der Waals surface area contributed by atoms with E-state index in [0.29, 0.717) is 18.6 Å². The Morgan fingerprint density at radius 1 is 0.951 bits per heavy atom. The van der Waals surface area contributed by atoms with E-state index in [0.717, 1.165) is 17.2 Å². The van der Waals surface area contributed by atoms with Crippen LogP contribution in [0, 0.1) is 5.82 Å². The van der Waals surface area contributed by atoms with E-state index in [2.05, 4.69) is 5.32 Å². The maximum absolute atomic E-state index is 13.4. The molecule has 7 nitrogen and oxygen atoms in total. The summed E-state index contributed by atoms with van der Waals surface area (Å²) in [4.78, 5) is 25.7. The summed E-state index contributed by atoms with van der Waals surface area (Å²) in [5.74, 6) is -0.937. The zero-order valence-corrected chi connectivity index (χ0v) is 22.5. The molecule has 0 aliphatic rings. The van der Waals surface area contributed by atoms with Crippen molar-refractivity contribution in [2.75, 3.05) is 31.6 Å². The van der Waals surface area contributed by atoms with Gasteiger partial charge in [-0.2, -0.15) is 13.2 Å². The predicted octanol–water partition coefficient (Wildman–Crippen LogP) is 6.42. The first kappa shape index (κ1) is 31.4. The van der Waals surface area contributed by atoms with Gasteiger partial charge in [-0.15, -0.1) is 0 Å². The van der Waals surface area contributed by atoms with Crippen LogP contribution in [-0.4, -0.2) is 54.4 Å². The Morgan fingerprint density at radius 3 is 2.24 bits per heavy atom. The van der Waals surface area contributed by atoms with E-state index in [1.165, 1.54) is 35.2 Å². The van der Waals surface area contributed by atoms with Crippen LogP contribution < -0.4 is 10.1 Å². The van der Waals surface area contributed by atoms with Crippen LogP contribution >= 0.6 is 0 Å². The van der Waals surface area contributed by atoms with Crippen LogP contribution in [0.3, 0.4) is 0 Å². The van der Waals surface area contributed by atoms with Crippen LogP contribution in [-0.2, 0) is 28.5 Å². The second kappa shape index (κ2) is 15.0. The highest BCUT2D eigenvalue weighted by Crippen LogP contribution is 2.34. The summed E-state index contributed by atoms with van der Waals surface area (Å²) in [7, 11) is 0. The lowest BCUT2D eigenvalue weighted by molar-refractivity contribution is -0.150. The first-order valence-electron chi connectivity index (χ1n) is 13.1. The summed E-state index contributed by atoms with van der Waals surface area (Å²) in [5.41, 5.74) is 0.297. The molecular formula is C30H32F4N2O5. The lowest BCUT2D eigenvalue weighted by Crippen LogP contribution is -2.39. The molecule has 2 N–H and O–H groups in total. The summed E-state index contributed by atoms with van der Waals surface area (Å²) >= 11 is 0. The Bertz CT molecular complexity index is 1270. The van der Waals surface area contributed by atoms with Gasteiger partial charge in [0, 0.05) is 19.6 Å². The average molecular weight is 577 g/mol. The SMILES string of the molecule is CCOC(Cc1ccc(OCCN(CCCc2ccc(F)cc2)C(=O)Nc2ccccc2C(F)(F)F)cc1)C(=O)O. The minimum absolute atomic E-state index is 0.0565. The Labute approximate surface area is 235 Å². The van der Waals surface area contributed by atoms with Crippen LogP contribution in [0.5, 0.6) is 5.75 Å². The molecule has 3 aromatic carbocycles. The van der Waals surface area contributed by atoms with Gasteiger partial charge in [0.15, 0.2) is 6.10 Å². The van der Waals surface area contributed by atoms with Gasteiger partial charge < -0.3 is 24.8 Å². The monoisotopic (exact) mass is 576 g/mol. The third-order valence-electron chi connectivity index (χ3n) is 6.19. The minimum atomic E-state index is -4.64. The highest BCUT2D eigenvalue weighted by atomic mass is 19.4. The quantitative estimate of drug-likeness (QED) is 0.216. The van der Waals surface area contributed by atoms with Crippen molar-refractivity contribution in [1.29, 1.82) is 0 Å². The summed E-state index contributed by atoms with van der Waals surface area (Å²) in [5, 5.41) is 11.6. The van der Waals surface area contributed by atoms with Gasteiger partial charge in [0.25, 0.3) is 0 Å². The first-order valence-corrected chi connectivity index (χ1v) is 13.1. The fraction of sp³-hybridized carbons (Fsp3) is 0.333. The van der Waals surface area contributed by atoms with Gasteiger partial charge in [0.2, 0.25) is 0 Å². The van der Waals surface area contributed by atoms with Crippen LogP contribution in [0.1, 0.15) is 30.0 Å². The Morgan fingerprint density at radius 2 is 1.61 bits per heavy atom. The average Bonchev–Trinajstić information content (AvgIpc) is 2.93. The maximum Gasteiger partial charge on any atom is 0.418 e. The molecule has 3 rings (SSSR count). The number of nitrogens with one attached hydrogen (secondary N) is 1. The minimum Gasteiger partial charge on any atom is -0.492 e. The molecular weight excluding hydrogens is 544 g/mol. The van der Waals surface area contributed by atoms with E-state index >= 15 is 0 Å². The van der Waals surface area contributed by atoms with Crippen molar-refractivity contribution in [3.05, 3.63) is 95.3 Å². The van der Waals surface area contributed by atoms with Gasteiger partial charge >= 0.3 is 18.2 Å². The largest absolute Gasteiger partial charge is 0.492 e. The van der Waals surface area contributed by atoms with Crippen LogP contribution in [0.4, 0.5) is 28.0 Å². The number of aliphatic carboxylic acids is 1. The number of benzene rings is 3. The van der Waals surface area contributed by atoms with Gasteiger partial charge in [-0.25, -0.2) is 14.0 Å². The zero-order valence-electron chi connectivity index (χ0n) is 22.5. The van der Waals surface area contributed by atoms with Crippen LogP contribution in [0.25, 0.3) is 0 Å². The number of carboxylic acids is 1. The molecule has 0 aliphatic carbocycles. The highest BCUT2D eigenvalue weighted by molar-refractivity contribution is 5.90. The van der Waals surface area contributed by atoms with E-state index in [1.54, 1.807) is 43.3 Å². The second-order valence-electron chi connectivity index (χ2n) is 9.17. The molecule has 1 atom stereocenters. The molecule has 41 heavy (non-hydrogen) atoms. The normalized spacial score (nSPS) is 12.0. The molecule has 0 aliphatic heterocycles. The van der Waals surface area contributed by atoms with Crippen molar-refractivity contribution in [1.82, 2.24) is 4.90 Å². The Hall–Kier alpha value is -4.12. The number of alkyl halides is 3. The van der Waals surface area contributed by atoms with Crippen molar-refractivity contribution in [2.45, 2.75) is 38.5 Å². The highest BCUT2D eigenvalue weighted by Gasteiger charge is 2.34. The number of hydrogen-bond acceptors (Lipinski definition) is 4. The smallest absolute Gasteiger partial charge is 0.418 e. The number of hydrogen-bond donors (Lipinski definition) is 2. The Kier molecular flexibility index (Phi) is 11.5. The van der Waals surface area contributed by atoms with Crippen LogP contribution in [0.15, 0.2) is 72.8 Å². The summed E-state index contributed by atoms with van der Waals surface area (Å²) in [6.45, 7) is 2.34. The molecule has 0 fully saturated rings. The number of halogens is 4. The zero-order chi connectivity index (χ0) is 29.8. The van der Waals surface area contributed by atoms with Crippen molar-refractivity contribution in [3.8, 4) is 5.75 Å². The summed E-state index contributed by atoms with van der Waals surface area (Å²) in [6, 6.07) is 16.7. The number of carbonyl (C=O) groups is 2. The number of anilines is 1. The van der Waals surface area contributed by atoms with Gasteiger partial charge in [-0.05, 0) is 67.3 Å². The second-order valence-corrected chi connectivity index (χ2v) is 9.17. The molecule has 0 saturated carbocycles. The topological polar surface area (TPSA) is 88.1 Å². The van der Waals surface area contributed by atoms with Crippen molar-refractivity contribution < 1.29 is 41.7 Å². The maximum atomic E-state index is 13.4. The molecule has 0 heterocycles. The number of aryl methyl sites for hydroxylation is 1. The van der Waals surface area contributed by atoms with E-state index in [9.17, 15) is 32.3 Å². The van der Waals surface area contributed by atoms with Gasteiger partial charge in [0.05, 0.1) is 17.8 Å². The number of carbonyl (C=O) groups excluding carboxylic acids is 1. The molecule has 0 radical (unpaired) electrons. The molecule has 0 bridgehead atoms. The molecule has 0 spiro atoms. The number of ether oxygens (including phenoxy) is 2. The fourth-order valence-electron chi connectivity index (χ4n) is 4.10.